The number of para-hydroxylation sites is 1. The van der Waals surface area contributed by atoms with E-state index in [4.69, 9.17) is 11.6 Å². The lowest BCUT2D eigenvalue weighted by atomic mass is 9.67. The summed E-state index contributed by atoms with van der Waals surface area (Å²) in [5, 5.41) is 21.6. The van der Waals surface area contributed by atoms with Gasteiger partial charge in [-0.05, 0) is 41.7 Å². The first kappa shape index (κ1) is 23.1. The van der Waals surface area contributed by atoms with Crippen LogP contribution in [-0.4, -0.2) is 16.7 Å². The lowest BCUT2D eigenvalue weighted by Crippen LogP contribution is -2.45. The van der Waals surface area contributed by atoms with Gasteiger partial charge >= 0.3 is 0 Å². The molecule has 0 radical (unpaired) electrons. The number of carbonyl (C=O) groups excluding carboxylic acids is 1. The summed E-state index contributed by atoms with van der Waals surface area (Å²) in [4.78, 5) is 15.6. The van der Waals surface area contributed by atoms with Gasteiger partial charge in [-0.25, -0.2) is 0 Å². The summed E-state index contributed by atoms with van der Waals surface area (Å²) >= 11 is 6.19. The molecular weight excluding hydrogens is 456 g/mol. The van der Waals surface area contributed by atoms with Crippen LogP contribution in [-0.2, 0) is 4.79 Å². The molecule has 1 aliphatic heterocycles. The second-order valence-electron chi connectivity index (χ2n) is 9.93. The molecule has 0 amide bonds. The maximum atomic E-state index is 13.8. The highest BCUT2D eigenvalue weighted by Crippen LogP contribution is 2.51. The summed E-state index contributed by atoms with van der Waals surface area (Å²) < 4.78 is 0. The van der Waals surface area contributed by atoms with Gasteiger partial charge in [0.05, 0.1) is 0 Å². The first-order valence-electron chi connectivity index (χ1n) is 11.7. The van der Waals surface area contributed by atoms with E-state index in [1.165, 1.54) is 0 Å². The number of hydrogen-bond donors (Lipinski definition) is 2. The second-order valence-corrected chi connectivity index (χ2v) is 10.4. The average Bonchev–Trinajstić information content (AvgIpc) is 2.84. The summed E-state index contributed by atoms with van der Waals surface area (Å²) in [5.41, 5.74) is 3.86. The monoisotopic (exact) mass is 482 g/mol. The maximum absolute atomic E-state index is 13.8. The van der Waals surface area contributed by atoms with E-state index in [9.17, 15) is 15.3 Å². The maximum Gasteiger partial charge on any atom is 0.162 e. The Labute approximate surface area is 210 Å². The summed E-state index contributed by atoms with van der Waals surface area (Å²) in [6.07, 6.45) is 1.06. The molecule has 1 heterocycles. The van der Waals surface area contributed by atoms with Gasteiger partial charge in [0.25, 0.3) is 0 Å². The van der Waals surface area contributed by atoms with Crippen LogP contribution in [0.2, 0.25) is 5.02 Å². The van der Waals surface area contributed by atoms with Crippen LogP contribution in [0.4, 0.5) is 5.69 Å². The molecule has 1 aliphatic carbocycles. The van der Waals surface area contributed by atoms with Gasteiger partial charge in [0.15, 0.2) is 5.78 Å². The van der Waals surface area contributed by atoms with Gasteiger partial charge in [-0.15, -0.1) is 0 Å². The molecule has 5 rings (SSSR count). The molecule has 2 N–H and O–H groups in total. The minimum Gasteiger partial charge on any atom is -0.507 e. The first-order valence-corrected chi connectivity index (χ1v) is 12.1. The van der Waals surface area contributed by atoms with Crippen LogP contribution < -0.4 is 4.90 Å². The number of nitrogens with zero attached hydrogens (tertiary/aromatic N) is 1. The third kappa shape index (κ3) is 4.19. The number of Topliss-reactive ketones (excluding diaryl/α,β-unsaturated/α-hetero) is 1. The Balaban J connectivity index is 1.85. The van der Waals surface area contributed by atoms with E-state index in [1.54, 1.807) is 12.1 Å². The smallest absolute Gasteiger partial charge is 0.162 e. The quantitative estimate of drug-likeness (QED) is 0.379. The molecule has 5 heteroatoms. The molecule has 0 fully saturated rings. The van der Waals surface area contributed by atoms with Crippen molar-refractivity contribution >= 4 is 34.7 Å². The van der Waals surface area contributed by atoms with Crippen LogP contribution in [0.25, 0.3) is 5.76 Å². The van der Waals surface area contributed by atoms with E-state index in [2.05, 4.69) is 13.8 Å². The van der Waals surface area contributed by atoms with Gasteiger partial charge in [0.2, 0.25) is 0 Å². The van der Waals surface area contributed by atoms with Gasteiger partial charge in [-0.1, -0.05) is 86.1 Å². The zero-order chi connectivity index (χ0) is 24.7. The molecule has 0 bridgehead atoms. The SMILES string of the molecule is CC1(C)CC(=O)C2=C(C1)N(c1ccccc1)C(=N)/C(=C(/O)c1ccccc1)C2c1ccc(Cl)cc1. The number of benzene rings is 3. The zero-order valence-electron chi connectivity index (χ0n) is 19.8. The van der Waals surface area contributed by atoms with E-state index < -0.39 is 5.92 Å². The number of carbonyl (C=O) groups is 1. The van der Waals surface area contributed by atoms with E-state index in [-0.39, 0.29) is 22.8 Å². The number of rotatable bonds is 3. The minimum atomic E-state index is -0.571. The first-order chi connectivity index (χ1) is 16.8. The summed E-state index contributed by atoms with van der Waals surface area (Å²) in [6, 6.07) is 26.2. The Morgan fingerprint density at radius 2 is 1.54 bits per heavy atom. The molecule has 0 spiro atoms. The fourth-order valence-corrected chi connectivity index (χ4v) is 5.34. The number of halogens is 1. The predicted molar refractivity (Wildman–Crippen MR) is 142 cm³/mol. The van der Waals surface area contributed by atoms with E-state index in [1.807, 2.05) is 77.7 Å². The largest absolute Gasteiger partial charge is 0.507 e. The molecule has 3 aromatic carbocycles. The van der Waals surface area contributed by atoms with Crippen molar-refractivity contribution < 1.29 is 9.90 Å². The molecule has 1 atom stereocenters. The Bertz CT molecular complexity index is 1360. The van der Waals surface area contributed by atoms with Crippen LogP contribution >= 0.6 is 11.6 Å². The number of amidine groups is 1. The fraction of sp³-hybridized carbons (Fsp3) is 0.200. The van der Waals surface area contributed by atoms with Crippen LogP contribution in [0, 0.1) is 10.8 Å². The average molecular weight is 483 g/mol. The van der Waals surface area contributed by atoms with E-state index in [0.29, 0.717) is 34.6 Å². The topological polar surface area (TPSA) is 64.4 Å². The Kier molecular flexibility index (Phi) is 5.86. The van der Waals surface area contributed by atoms with Crippen molar-refractivity contribution in [3.05, 3.63) is 118 Å². The molecule has 0 saturated carbocycles. The highest BCUT2D eigenvalue weighted by atomic mass is 35.5. The van der Waals surface area contributed by atoms with Gasteiger partial charge in [-0.2, -0.15) is 0 Å². The molecule has 4 nitrogen and oxygen atoms in total. The number of ketones is 1. The molecule has 35 heavy (non-hydrogen) atoms. The molecule has 0 aromatic heterocycles. The molecule has 176 valence electrons. The van der Waals surface area contributed by atoms with Crippen molar-refractivity contribution in [3.8, 4) is 0 Å². The van der Waals surface area contributed by atoms with Gasteiger partial charge < -0.3 is 5.11 Å². The Morgan fingerprint density at radius 1 is 0.943 bits per heavy atom. The predicted octanol–water partition coefficient (Wildman–Crippen LogP) is 7.53. The number of aliphatic hydroxyl groups is 1. The molecule has 2 aliphatic rings. The highest BCUT2D eigenvalue weighted by molar-refractivity contribution is 6.30. The van der Waals surface area contributed by atoms with Crippen molar-refractivity contribution in [1.82, 2.24) is 0 Å². The number of hydrogen-bond acceptors (Lipinski definition) is 3. The lowest BCUT2D eigenvalue weighted by molar-refractivity contribution is -0.118. The van der Waals surface area contributed by atoms with Crippen LogP contribution in [0.3, 0.4) is 0 Å². The highest BCUT2D eigenvalue weighted by Gasteiger charge is 2.46. The van der Waals surface area contributed by atoms with Crippen LogP contribution in [0.5, 0.6) is 0 Å². The molecule has 1 unspecified atom stereocenters. The number of aliphatic hydroxyl groups excluding tert-OH is 1. The lowest BCUT2D eigenvalue weighted by Gasteiger charge is -2.45. The number of nitrogens with one attached hydrogen (secondary N) is 1. The third-order valence-electron chi connectivity index (χ3n) is 6.74. The van der Waals surface area contributed by atoms with Gasteiger partial charge in [-0.3, -0.25) is 15.1 Å². The van der Waals surface area contributed by atoms with E-state index in [0.717, 1.165) is 16.9 Å². The number of allylic oxidation sites excluding steroid dienone is 2. The number of anilines is 1. The van der Waals surface area contributed by atoms with E-state index >= 15 is 0 Å². The van der Waals surface area contributed by atoms with Crippen LogP contribution in [0.15, 0.2) is 102 Å². The summed E-state index contributed by atoms with van der Waals surface area (Å²) in [7, 11) is 0. The van der Waals surface area contributed by atoms with Crippen molar-refractivity contribution in [2.45, 2.75) is 32.6 Å². The molecular formula is C30H27ClN2O2. The Morgan fingerprint density at radius 3 is 2.17 bits per heavy atom. The summed E-state index contributed by atoms with van der Waals surface area (Å²) in [5.74, 6) is -0.357. The fourth-order valence-electron chi connectivity index (χ4n) is 5.22. The normalized spacial score (nSPS) is 21.1. The van der Waals surface area contributed by atoms with Gasteiger partial charge in [0, 0.05) is 45.5 Å². The molecule has 0 saturated heterocycles. The zero-order valence-corrected chi connectivity index (χ0v) is 20.5. The second kappa shape index (κ2) is 8.86. The summed E-state index contributed by atoms with van der Waals surface area (Å²) in [6.45, 7) is 4.18. The van der Waals surface area contributed by atoms with Crippen molar-refractivity contribution in [1.29, 1.82) is 5.41 Å². The standard InChI is InChI=1S/C30H27ClN2O2/c1-30(2)17-23-26(24(34)18-30)25(19-13-15-21(31)16-14-19)27(28(35)20-9-5-3-6-10-20)29(32)33(23)22-11-7-4-8-12-22/h3-16,25,32,35H,17-18H2,1-2H3/b28-27+,32-29?. The third-order valence-corrected chi connectivity index (χ3v) is 6.99. The van der Waals surface area contributed by atoms with Crippen molar-refractivity contribution in [2.24, 2.45) is 5.41 Å². The van der Waals surface area contributed by atoms with Crippen molar-refractivity contribution in [3.63, 3.8) is 0 Å². The minimum absolute atomic E-state index is 0.000616. The van der Waals surface area contributed by atoms with Crippen LogP contribution in [0.1, 0.15) is 43.7 Å². The Hall–Kier alpha value is -3.63. The van der Waals surface area contributed by atoms with Crippen molar-refractivity contribution in [2.75, 3.05) is 4.90 Å². The molecule has 3 aromatic rings. The van der Waals surface area contributed by atoms with Gasteiger partial charge in [0.1, 0.15) is 11.6 Å².